The first-order valence-corrected chi connectivity index (χ1v) is 4.93. The van der Waals surface area contributed by atoms with Crippen LogP contribution in [-0.2, 0) is 0 Å². The number of hydrogen-bond donors (Lipinski definition) is 1. The Bertz CT molecular complexity index is 482. The molecule has 1 N–H and O–H groups in total. The molecule has 0 spiro atoms. The van der Waals surface area contributed by atoms with E-state index in [0.29, 0.717) is 6.54 Å². The molecule has 0 amide bonds. The Morgan fingerprint density at radius 3 is 3.13 bits per heavy atom. The fourth-order valence-corrected chi connectivity index (χ4v) is 1.84. The van der Waals surface area contributed by atoms with Crippen LogP contribution >= 0.6 is 0 Å². The lowest BCUT2D eigenvalue weighted by atomic mass is 10.3. The van der Waals surface area contributed by atoms with E-state index in [0.717, 1.165) is 24.4 Å². The molecule has 78 valence electrons. The predicted octanol–water partition coefficient (Wildman–Crippen LogP) is -0.305. The normalized spacial score (nSPS) is 21.4. The molecular weight excluding hydrogens is 194 g/mol. The zero-order chi connectivity index (χ0) is 10.3. The second kappa shape index (κ2) is 3.16. The van der Waals surface area contributed by atoms with Gasteiger partial charge < -0.3 is 10.0 Å². The molecular formula is C9H11N5O. The highest BCUT2D eigenvalue weighted by Crippen LogP contribution is 2.17. The average Bonchev–Trinajstić information content (AvgIpc) is 2.84. The molecule has 0 aromatic carbocycles. The second-order valence-corrected chi connectivity index (χ2v) is 3.71. The fourth-order valence-electron chi connectivity index (χ4n) is 1.84. The topological polar surface area (TPSA) is 66.5 Å². The summed E-state index contributed by atoms with van der Waals surface area (Å²) in [6.07, 6.45) is 2.15. The van der Waals surface area contributed by atoms with E-state index in [4.69, 9.17) is 0 Å². The molecule has 1 unspecified atom stereocenters. The molecule has 1 fully saturated rings. The van der Waals surface area contributed by atoms with Crippen molar-refractivity contribution in [2.45, 2.75) is 12.5 Å². The molecule has 3 rings (SSSR count). The van der Waals surface area contributed by atoms with Crippen molar-refractivity contribution in [2.75, 3.05) is 18.0 Å². The van der Waals surface area contributed by atoms with Gasteiger partial charge in [0.1, 0.15) is 12.1 Å². The molecule has 1 aliphatic rings. The van der Waals surface area contributed by atoms with Crippen LogP contribution in [-0.4, -0.2) is 44.1 Å². The van der Waals surface area contributed by atoms with Gasteiger partial charge in [-0.15, -0.1) is 15.3 Å². The maximum Gasteiger partial charge on any atom is 0.177 e. The molecule has 2 aromatic heterocycles. The minimum absolute atomic E-state index is 0.233. The minimum atomic E-state index is -0.233. The van der Waals surface area contributed by atoms with Gasteiger partial charge in [-0.05, 0) is 18.6 Å². The minimum Gasteiger partial charge on any atom is -0.391 e. The number of anilines is 1. The lowest BCUT2D eigenvalue weighted by molar-refractivity contribution is 0.198. The zero-order valence-corrected chi connectivity index (χ0v) is 8.11. The van der Waals surface area contributed by atoms with Crippen LogP contribution in [0, 0.1) is 0 Å². The van der Waals surface area contributed by atoms with Crippen LogP contribution in [0.5, 0.6) is 0 Å². The van der Waals surface area contributed by atoms with Crippen molar-refractivity contribution in [3.05, 3.63) is 18.5 Å². The Balaban J connectivity index is 1.97. The maximum atomic E-state index is 9.43. The van der Waals surface area contributed by atoms with Crippen LogP contribution in [0.3, 0.4) is 0 Å². The molecule has 6 nitrogen and oxygen atoms in total. The van der Waals surface area contributed by atoms with E-state index < -0.39 is 0 Å². The Labute approximate surface area is 86.2 Å². The van der Waals surface area contributed by atoms with Crippen molar-refractivity contribution in [3.8, 4) is 0 Å². The summed E-state index contributed by atoms with van der Waals surface area (Å²) in [4.78, 5) is 2.06. The van der Waals surface area contributed by atoms with Gasteiger partial charge in [0.2, 0.25) is 0 Å². The summed E-state index contributed by atoms with van der Waals surface area (Å²) >= 11 is 0. The van der Waals surface area contributed by atoms with Crippen LogP contribution in [0.15, 0.2) is 18.5 Å². The summed E-state index contributed by atoms with van der Waals surface area (Å²) < 4.78 is 1.64. The number of fused-ring (bicyclic) bond motifs is 1. The number of aliphatic hydroxyl groups excluding tert-OH is 1. The van der Waals surface area contributed by atoms with Gasteiger partial charge >= 0.3 is 0 Å². The first-order valence-electron chi connectivity index (χ1n) is 4.93. The molecule has 0 bridgehead atoms. The summed E-state index contributed by atoms with van der Waals surface area (Å²) in [6.45, 7) is 1.50. The molecule has 15 heavy (non-hydrogen) atoms. The zero-order valence-electron chi connectivity index (χ0n) is 8.11. The smallest absolute Gasteiger partial charge is 0.177 e. The summed E-state index contributed by atoms with van der Waals surface area (Å²) in [5, 5.41) is 21.4. The maximum absolute atomic E-state index is 9.43. The molecule has 1 aliphatic heterocycles. The first-order chi connectivity index (χ1) is 7.33. The number of aliphatic hydroxyl groups is 1. The van der Waals surface area contributed by atoms with Crippen LogP contribution < -0.4 is 4.90 Å². The van der Waals surface area contributed by atoms with E-state index in [1.54, 1.807) is 10.8 Å². The summed E-state index contributed by atoms with van der Waals surface area (Å²) in [5.74, 6) is 0.860. The second-order valence-electron chi connectivity index (χ2n) is 3.71. The third-order valence-corrected chi connectivity index (χ3v) is 2.63. The lowest BCUT2D eigenvalue weighted by Gasteiger charge is -2.15. The van der Waals surface area contributed by atoms with Gasteiger partial charge in [0.05, 0.1) is 6.10 Å². The molecule has 0 aliphatic carbocycles. The Hall–Kier alpha value is -1.69. The van der Waals surface area contributed by atoms with Crippen molar-refractivity contribution in [1.82, 2.24) is 19.8 Å². The van der Waals surface area contributed by atoms with Gasteiger partial charge in [-0.1, -0.05) is 0 Å². The molecule has 2 aromatic rings. The van der Waals surface area contributed by atoms with Gasteiger partial charge in [0, 0.05) is 13.1 Å². The highest BCUT2D eigenvalue weighted by Gasteiger charge is 2.21. The lowest BCUT2D eigenvalue weighted by Crippen LogP contribution is -2.22. The quantitative estimate of drug-likeness (QED) is 0.692. The SMILES string of the molecule is OC1CCN(c2ccc3nncn3n2)C1. The van der Waals surface area contributed by atoms with Gasteiger partial charge in [0.25, 0.3) is 0 Å². The Morgan fingerprint density at radius 2 is 2.33 bits per heavy atom. The van der Waals surface area contributed by atoms with E-state index in [1.165, 1.54) is 0 Å². The van der Waals surface area contributed by atoms with Crippen LogP contribution in [0.25, 0.3) is 5.65 Å². The van der Waals surface area contributed by atoms with E-state index >= 15 is 0 Å². The monoisotopic (exact) mass is 205 g/mol. The summed E-state index contributed by atoms with van der Waals surface area (Å²) in [7, 11) is 0. The highest BCUT2D eigenvalue weighted by atomic mass is 16.3. The Morgan fingerprint density at radius 1 is 1.40 bits per heavy atom. The van der Waals surface area contributed by atoms with Crippen molar-refractivity contribution >= 4 is 11.5 Å². The van der Waals surface area contributed by atoms with Crippen molar-refractivity contribution in [1.29, 1.82) is 0 Å². The molecule has 0 saturated carbocycles. The van der Waals surface area contributed by atoms with Crippen molar-refractivity contribution in [2.24, 2.45) is 0 Å². The third kappa shape index (κ3) is 1.42. The van der Waals surface area contributed by atoms with Crippen LogP contribution in [0.4, 0.5) is 5.82 Å². The fraction of sp³-hybridized carbons (Fsp3) is 0.444. The number of β-amino-alcohol motifs (C(OH)–C–C–N with tert-alkyl or cyclic N) is 1. The molecule has 1 saturated heterocycles. The first kappa shape index (κ1) is 8.60. The molecule has 0 radical (unpaired) electrons. The largest absolute Gasteiger partial charge is 0.391 e. The van der Waals surface area contributed by atoms with Gasteiger partial charge in [-0.3, -0.25) is 0 Å². The predicted molar refractivity (Wildman–Crippen MR) is 53.6 cm³/mol. The summed E-state index contributed by atoms with van der Waals surface area (Å²) in [5.41, 5.74) is 0.735. The molecule has 6 heteroatoms. The van der Waals surface area contributed by atoms with E-state index in [1.807, 2.05) is 12.1 Å². The number of rotatable bonds is 1. The highest BCUT2D eigenvalue weighted by molar-refractivity contribution is 5.45. The number of nitrogens with zero attached hydrogens (tertiary/aromatic N) is 5. The van der Waals surface area contributed by atoms with Crippen LogP contribution in [0.2, 0.25) is 0 Å². The van der Waals surface area contributed by atoms with Crippen molar-refractivity contribution < 1.29 is 5.11 Å². The Kier molecular flexibility index (Phi) is 1.81. The summed E-state index contributed by atoms with van der Waals surface area (Å²) in [6, 6.07) is 3.78. The van der Waals surface area contributed by atoms with Gasteiger partial charge in [-0.2, -0.15) is 4.52 Å². The van der Waals surface area contributed by atoms with E-state index in [2.05, 4.69) is 20.2 Å². The van der Waals surface area contributed by atoms with E-state index in [9.17, 15) is 5.11 Å². The van der Waals surface area contributed by atoms with E-state index in [-0.39, 0.29) is 6.10 Å². The standard InChI is InChI=1S/C9H11N5O/c15-7-3-4-13(5-7)9-2-1-8-11-10-6-14(8)12-9/h1-2,6-7,15H,3-5H2. The molecule has 1 atom stereocenters. The third-order valence-electron chi connectivity index (χ3n) is 2.63. The van der Waals surface area contributed by atoms with Gasteiger partial charge in [0.15, 0.2) is 5.65 Å². The average molecular weight is 205 g/mol. The van der Waals surface area contributed by atoms with Crippen LogP contribution in [0.1, 0.15) is 6.42 Å². The number of hydrogen-bond acceptors (Lipinski definition) is 5. The molecule has 3 heterocycles. The number of aromatic nitrogens is 4. The van der Waals surface area contributed by atoms with Gasteiger partial charge in [-0.25, -0.2) is 0 Å². The van der Waals surface area contributed by atoms with Crippen molar-refractivity contribution in [3.63, 3.8) is 0 Å².